The van der Waals surface area contributed by atoms with E-state index in [1.54, 1.807) is 13.2 Å². The van der Waals surface area contributed by atoms with Gasteiger partial charge in [-0.25, -0.2) is 0 Å². The van der Waals surface area contributed by atoms with Crippen molar-refractivity contribution < 1.29 is 17.9 Å². The van der Waals surface area contributed by atoms with Crippen LogP contribution in [0, 0.1) is 0 Å². The minimum absolute atomic E-state index is 0.0698. The van der Waals surface area contributed by atoms with Crippen LogP contribution in [0.5, 0.6) is 5.75 Å². The fourth-order valence-corrected chi connectivity index (χ4v) is 2.67. The Morgan fingerprint density at radius 2 is 1.90 bits per heavy atom. The third kappa shape index (κ3) is 2.55. The van der Waals surface area contributed by atoms with Gasteiger partial charge in [-0.3, -0.25) is 0 Å². The lowest BCUT2D eigenvalue weighted by molar-refractivity contribution is -0.137. The van der Waals surface area contributed by atoms with Crippen molar-refractivity contribution in [3.05, 3.63) is 59.2 Å². The number of ether oxygens (including phenoxy) is 1. The SMILES string of the molecule is COc1ccccc1C1Cc2ccc(C(F)(F)F)cc2N1. The second-order valence-electron chi connectivity index (χ2n) is 5.01. The number of anilines is 1. The third-order valence-electron chi connectivity index (χ3n) is 3.71. The molecular formula is C16H14F3NO. The Hall–Kier alpha value is -2.17. The summed E-state index contributed by atoms with van der Waals surface area (Å²) in [4.78, 5) is 0. The first-order valence-corrected chi connectivity index (χ1v) is 6.58. The van der Waals surface area contributed by atoms with Gasteiger partial charge in [0.25, 0.3) is 0 Å². The average Bonchev–Trinajstić information content (AvgIpc) is 2.89. The van der Waals surface area contributed by atoms with Gasteiger partial charge in [-0.15, -0.1) is 0 Å². The predicted molar refractivity (Wildman–Crippen MR) is 74.5 cm³/mol. The smallest absolute Gasteiger partial charge is 0.416 e. The molecule has 1 aliphatic rings. The van der Waals surface area contributed by atoms with Gasteiger partial charge in [0.15, 0.2) is 0 Å². The summed E-state index contributed by atoms with van der Waals surface area (Å²) in [6, 6.07) is 11.3. The van der Waals surface area contributed by atoms with Gasteiger partial charge in [0, 0.05) is 11.3 Å². The van der Waals surface area contributed by atoms with Gasteiger partial charge < -0.3 is 10.1 Å². The molecule has 0 saturated heterocycles. The Bertz CT molecular complexity index is 667. The number of nitrogens with one attached hydrogen (secondary N) is 1. The molecule has 0 bridgehead atoms. The minimum atomic E-state index is -4.32. The predicted octanol–water partition coefficient (Wildman–Crippen LogP) is 4.42. The molecule has 0 fully saturated rings. The second kappa shape index (κ2) is 4.98. The maximum absolute atomic E-state index is 12.7. The fraction of sp³-hybridized carbons (Fsp3) is 0.250. The topological polar surface area (TPSA) is 21.3 Å². The standard InChI is InChI=1S/C16H14F3NO/c1-21-15-5-3-2-4-12(15)14-8-10-6-7-11(16(17,18)19)9-13(10)20-14/h2-7,9,14,20H,8H2,1H3. The van der Waals surface area contributed by atoms with Crippen LogP contribution < -0.4 is 10.1 Å². The van der Waals surface area contributed by atoms with Gasteiger partial charge in [-0.2, -0.15) is 13.2 Å². The van der Waals surface area contributed by atoms with Crippen LogP contribution in [0.4, 0.5) is 18.9 Å². The van der Waals surface area contributed by atoms with E-state index in [9.17, 15) is 13.2 Å². The summed E-state index contributed by atoms with van der Waals surface area (Å²) in [5, 5.41) is 3.16. The first kappa shape index (κ1) is 13.8. The summed E-state index contributed by atoms with van der Waals surface area (Å²) >= 11 is 0. The molecule has 2 nitrogen and oxygen atoms in total. The van der Waals surface area contributed by atoms with Gasteiger partial charge in [0.05, 0.1) is 18.7 Å². The molecule has 0 aromatic heterocycles. The summed E-state index contributed by atoms with van der Waals surface area (Å²) < 4.78 is 43.6. The zero-order valence-electron chi connectivity index (χ0n) is 11.4. The van der Waals surface area contributed by atoms with Crippen molar-refractivity contribution >= 4 is 5.69 Å². The Morgan fingerprint density at radius 1 is 1.14 bits per heavy atom. The quantitative estimate of drug-likeness (QED) is 0.884. The Morgan fingerprint density at radius 3 is 2.62 bits per heavy atom. The van der Waals surface area contributed by atoms with E-state index in [0.717, 1.165) is 22.9 Å². The zero-order valence-corrected chi connectivity index (χ0v) is 11.4. The highest BCUT2D eigenvalue weighted by Gasteiger charge is 2.33. The summed E-state index contributed by atoms with van der Waals surface area (Å²) in [7, 11) is 1.59. The van der Waals surface area contributed by atoms with Crippen LogP contribution in [-0.2, 0) is 12.6 Å². The van der Waals surface area contributed by atoms with Crippen LogP contribution in [0.15, 0.2) is 42.5 Å². The molecule has 5 heteroatoms. The lowest BCUT2D eigenvalue weighted by Gasteiger charge is -2.15. The zero-order chi connectivity index (χ0) is 15.0. The van der Waals surface area contributed by atoms with Gasteiger partial charge >= 0.3 is 6.18 Å². The lowest BCUT2D eigenvalue weighted by atomic mass is 10.0. The van der Waals surface area contributed by atoms with Crippen molar-refractivity contribution in [1.29, 1.82) is 0 Å². The number of para-hydroxylation sites is 1. The molecule has 1 heterocycles. The minimum Gasteiger partial charge on any atom is -0.496 e. The van der Waals surface area contributed by atoms with E-state index < -0.39 is 11.7 Å². The van der Waals surface area contributed by atoms with Crippen molar-refractivity contribution in [3.63, 3.8) is 0 Å². The third-order valence-corrected chi connectivity index (χ3v) is 3.71. The van der Waals surface area contributed by atoms with Crippen molar-refractivity contribution in [1.82, 2.24) is 0 Å². The molecule has 0 amide bonds. The number of halogens is 3. The van der Waals surface area contributed by atoms with E-state index in [0.29, 0.717) is 12.1 Å². The highest BCUT2D eigenvalue weighted by Crippen LogP contribution is 2.40. The Kier molecular flexibility index (Phi) is 3.27. The van der Waals surface area contributed by atoms with Crippen LogP contribution in [-0.4, -0.2) is 7.11 Å². The molecule has 2 aromatic carbocycles. The highest BCUT2D eigenvalue weighted by molar-refractivity contribution is 5.61. The molecule has 1 unspecified atom stereocenters. The highest BCUT2D eigenvalue weighted by atomic mass is 19.4. The van der Waals surface area contributed by atoms with Gasteiger partial charge in [-0.05, 0) is 30.2 Å². The van der Waals surface area contributed by atoms with E-state index in [1.807, 2.05) is 24.3 Å². The van der Waals surface area contributed by atoms with Crippen LogP contribution in [0.1, 0.15) is 22.7 Å². The summed E-state index contributed by atoms with van der Waals surface area (Å²) in [6.07, 6.45) is -3.67. The maximum Gasteiger partial charge on any atom is 0.416 e. The molecule has 21 heavy (non-hydrogen) atoms. The summed E-state index contributed by atoms with van der Waals surface area (Å²) in [5.41, 5.74) is 1.75. The van der Waals surface area contributed by atoms with E-state index in [4.69, 9.17) is 4.74 Å². The summed E-state index contributed by atoms with van der Waals surface area (Å²) in [5.74, 6) is 0.735. The number of fused-ring (bicyclic) bond motifs is 1. The van der Waals surface area contributed by atoms with Crippen LogP contribution in [0.2, 0.25) is 0 Å². The van der Waals surface area contributed by atoms with Crippen molar-refractivity contribution in [2.45, 2.75) is 18.6 Å². The molecule has 110 valence electrons. The molecule has 1 N–H and O–H groups in total. The van der Waals surface area contributed by atoms with Crippen LogP contribution in [0.3, 0.4) is 0 Å². The first-order valence-electron chi connectivity index (χ1n) is 6.58. The van der Waals surface area contributed by atoms with E-state index in [2.05, 4.69) is 5.32 Å². The van der Waals surface area contributed by atoms with E-state index in [-0.39, 0.29) is 6.04 Å². The van der Waals surface area contributed by atoms with Crippen molar-refractivity contribution in [3.8, 4) is 5.75 Å². The number of methoxy groups -OCH3 is 1. The summed E-state index contributed by atoms with van der Waals surface area (Å²) in [6.45, 7) is 0. The number of rotatable bonds is 2. The molecular weight excluding hydrogens is 279 g/mol. The lowest BCUT2D eigenvalue weighted by Crippen LogP contribution is -2.08. The molecule has 1 aliphatic heterocycles. The van der Waals surface area contributed by atoms with Crippen molar-refractivity contribution in [2.24, 2.45) is 0 Å². The molecule has 3 rings (SSSR count). The van der Waals surface area contributed by atoms with E-state index >= 15 is 0 Å². The molecule has 0 radical (unpaired) electrons. The fourth-order valence-electron chi connectivity index (χ4n) is 2.67. The van der Waals surface area contributed by atoms with Gasteiger partial charge in [0.1, 0.15) is 5.75 Å². The number of benzene rings is 2. The molecule has 2 aromatic rings. The van der Waals surface area contributed by atoms with Crippen molar-refractivity contribution in [2.75, 3.05) is 12.4 Å². The molecule has 1 atom stereocenters. The largest absolute Gasteiger partial charge is 0.496 e. The van der Waals surface area contributed by atoms with E-state index in [1.165, 1.54) is 6.07 Å². The average molecular weight is 293 g/mol. The molecule has 0 spiro atoms. The Labute approximate surface area is 120 Å². The number of hydrogen-bond donors (Lipinski definition) is 1. The molecule has 0 aliphatic carbocycles. The first-order chi connectivity index (χ1) is 9.99. The van der Waals surface area contributed by atoms with Gasteiger partial charge in [-0.1, -0.05) is 24.3 Å². The number of hydrogen-bond acceptors (Lipinski definition) is 2. The molecule has 0 saturated carbocycles. The number of alkyl halides is 3. The van der Waals surface area contributed by atoms with Crippen LogP contribution in [0.25, 0.3) is 0 Å². The normalized spacial score (nSPS) is 17.2. The maximum atomic E-state index is 12.7. The Balaban J connectivity index is 1.91. The monoisotopic (exact) mass is 293 g/mol. The van der Waals surface area contributed by atoms with Crippen LogP contribution >= 0.6 is 0 Å². The second-order valence-corrected chi connectivity index (χ2v) is 5.01. The van der Waals surface area contributed by atoms with Gasteiger partial charge in [0.2, 0.25) is 0 Å².